The summed E-state index contributed by atoms with van der Waals surface area (Å²) < 4.78 is 7.31. The van der Waals surface area contributed by atoms with Crippen molar-refractivity contribution in [3.63, 3.8) is 0 Å². The van der Waals surface area contributed by atoms with E-state index in [0.29, 0.717) is 11.4 Å². The van der Waals surface area contributed by atoms with Gasteiger partial charge in [-0.2, -0.15) is 0 Å². The zero-order valence-corrected chi connectivity index (χ0v) is 16.4. The SMILES string of the molecule is O=C(COc1ccc2cc(Br)ccc2c1Br)Nc1cccc([N+](=O)[O-])c1. The van der Waals surface area contributed by atoms with Crippen molar-refractivity contribution in [3.8, 4) is 5.75 Å². The van der Waals surface area contributed by atoms with E-state index in [4.69, 9.17) is 4.74 Å². The van der Waals surface area contributed by atoms with Crippen LogP contribution in [0.3, 0.4) is 0 Å². The Labute approximate surface area is 165 Å². The van der Waals surface area contributed by atoms with Crippen LogP contribution >= 0.6 is 31.9 Å². The Morgan fingerprint density at radius 2 is 1.92 bits per heavy atom. The van der Waals surface area contributed by atoms with Gasteiger partial charge in [0.25, 0.3) is 11.6 Å². The van der Waals surface area contributed by atoms with Crippen LogP contribution in [0.15, 0.2) is 63.5 Å². The number of rotatable bonds is 5. The third kappa shape index (κ3) is 4.20. The predicted molar refractivity (Wildman–Crippen MR) is 107 cm³/mol. The number of ether oxygens (including phenoxy) is 1. The number of nitro benzene ring substituents is 1. The lowest BCUT2D eigenvalue weighted by Crippen LogP contribution is -2.20. The highest BCUT2D eigenvalue weighted by Crippen LogP contribution is 2.34. The minimum absolute atomic E-state index is 0.0906. The van der Waals surface area contributed by atoms with Gasteiger partial charge in [0.05, 0.1) is 9.40 Å². The van der Waals surface area contributed by atoms with Crippen molar-refractivity contribution >= 4 is 59.9 Å². The second-order valence-corrected chi connectivity index (χ2v) is 7.10. The molecule has 1 N–H and O–H groups in total. The maximum Gasteiger partial charge on any atom is 0.271 e. The maximum absolute atomic E-state index is 12.1. The Morgan fingerprint density at radius 3 is 2.69 bits per heavy atom. The number of anilines is 1. The Balaban J connectivity index is 1.69. The van der Waals surface area contributed by atoms with Gasteiger partial charge in [-0.1, -0.05) is 34.1 Å². The van der Waals surface area contributed by atoms with Crippen LogP contribution in [0.4, 0.5) is 11.4 Å². The predicted octanol–water partition coefficient (Wildman–Crippen LogP) is 5.29. The van der Waals surface area contributed by atoms with Crippen molar-refractivity contribution in [3.05, 3.63) is 73.7 Å². The highest BCUT2D eigenvalue weighted by Gasteiger charge is 2.11. The summed E-state index contributed by atoms with van der Waals surface area (Å²) in [6.07, 6.45) is 0. The average molecular weight is 480 g/mol. The molecule has 0 spiro atoms. The van der Waals surface area contributed by atoms with Gasteiger partial charge in [0, 0.05) is 22.3 Å². The summed E-state index contributed by atoms with van der Waals surface area (Å²) in [6.45, 7) is -0.219. The number of hydrogen-bond acceptors (Lipinski definition) is 4. The van der Waals surface area contributed by atoms with E-state index in [0.717, 1.165) is 19.7 Å². The Kier molecular flexibility index (Phi) is 5.53. The average Bonchev–Trinajstić information content (AvgIpc) is 2.61. The second kappa shape index (κ2) is 7.84. The standard InChI is InChI=1S/C18H12Br2N2O4/c19-12-5-6-15-11(8-12)4-7-16(18(15)20)26-10-17(23)21-13-2-1-3-14(9-13)22(24)25/h1-9H,10H2,(H,21,23). The third-order valence-corrected chi connectivity index (χ3v) is 4.89. The molecule has 0 radical (unpaired) electrons. The van der Waals surface area contributed by atoms with Crippen molar-refractivity contribution in [2.75, 3.05) is 11.9 Å². The summed E-state index contributed by atoms with van der Waals surface area (Å²) >= 11 is 6.93. The van der Waals surface area contributed by atoms with Gasteiger partial charge in [-0.15, -0.1) is 0 Å². The number of carbonyl (C=O) groups excluding carboxylic acids is 1. The molecule has 0 saturated carbocycles. The zero-order valence-electron chi connectivity index (χ0n) is 13.2. The number of non-ortho nitro benzene ring substituents is 1. The van der Waals surface area contributed by atoms with Crippen molar-refractivity contribution in [2.45, 2.75) is 0 Å². The first kappa shape index (κ1) is 18.3. The highest BCUT2D eigenvalue weighted by molar-refractivity contribution is 9.11. The molecule has 6 nitrogen and oxygen atoms in total. The molecule has 8 heteroatoms. The van der Waals surface area contributed by atoms with Gasteiger partial charge in [0.15, 0.2) is 6.61 Å². The molecule has 3 aromatic rings. The number of fused-ring (bicyclic) bond motifs is 1. The van der Waals surface area contributed by atoms with Crippen LogP contribution in [-0.4, -0.2) is 17.4 Å². The molecular weight excluding hydrogens is 468 g/mol. The first-order valence-electron chi connectivity index (χ1n) is 7.49. The largest absolute Gasteiger partial charge is 0.483 e. The van der Waals surface area contributed by atoms with Gasteiger partial charge in [-0.05, 0) is 51.0 Å². The monoisotopic (exact) mass is 478 g/mol. The van der Waals surface area contributed by atoms with E-state index in [1.165, 1.54) is 18.2 Å². The summed E-state index contributed by atoms with van der Waals surface area (Å²) in [5.41, 5.74) is 0.252. The van der Waals surface area contributed by atoms with E-state index in [9.17, 15) is 14.9 Å². The first-order valence-corrected chi connectivity index (χ1v) is 9.07. The molecule has 0 aliphatic carbocycles. The summed E-state index contributed by atoms with van der Waals surface area (Å²) in [5, 5.41) is 15.3. The number of hydrogen-bond donors (Lipinski definition) is 1. The molecule has 0 heterocycles. The quantitative estimate of drug-likeness (QED) is 0.398. The molecule has 26 heavy (non-hydrogen) atoms. The van der Waals surface area contributed by atoms with Gasteiger partial charge in [-0.3, -0.25) is 14.9 Å². The molecular formula is C18H12Br2N2O4. The molecule has 0 aliphatic rings. The Hall–Kier alpha value is -2.45. The van der Waals surface area contributed by atoms with Gasteiger partial charge >= 0.3 is 0 Å². The van der Waals surface area contributed by atoms with Crippen LogP contribution < -0.4 is 10.1 Å². The minimum atomic E-state index is -0.517. The highest BCUT2D eigenvalue weighted by atomic mass is 79.9. The zero-order chi connectivity index (χ0) is 18.7. The lowest BCUT2D eigenvalue weighted by molar-refractivity contribution is -0.384. The Bertz CT molecular complexity index is 1010. The molecule has 3 rings (SSSR count). The van der Waals surface area contributed by atoms with E-state index < -0.39 is 10.8 Å². The van der Waals surface area contributed by atoms with Crippen LogP contribution in [0.2, 0.25) is 0 Å². The molecule has 0 aliphatic heterocycles. The second-order valence-electron chi connectivity index (χ2n) is 5.39. The van der Waals surface area contributed by atoms with E-state index in [1.807, 2.05) is 24.3 Å². The molecule has 132 valence electrons. The van der Waals surface area contributed by atoms with E-state index >= 15 is 0 Å². The summed E-state index contributed by atoms with van der Waals surface area (Å²) in [7, 11) is 0. The molecule has 0 atom stereocenters. The minimum Gasteiger partial charge on any atom is -0.483 e. The summed E-state index contributed by atoms with van der Waals surface area (Å²) in [6, 6.07) is 15.3. The molecule has 0 aromatic heterocycles. The molecule has 0 fully saturated rings. The fourth-order valence-electron chi connectivity index (χ4n) is 2.39. The van der Waals surface area contributed by atoms with Gasteiger partial charge in [0.2, 0.25) is 0 Å². The van der Waals surface area contributed by atoms with Crippen LogP contribution in [0.25, 0.3) is 10.8 Å². The van der Waals surface area contributed by atoms with Crippen LogP contribution in [0, 0.1) is 10.1 Å². The summed E-state index contributed by atoms with van der Waals surface area (Å²) in [4.78, 5) is 22.3. The van der Waals surface area contributed by atoms with Crippen LogP contribution in [-0.2, 0) is 4.79 Å². The normalized spacial score (nSPS) is 10.5. The number of amides is 1. The van der Waals surface area contributed by atoms with Crippen LogP contribution in [0.5, 0.6) is 5.75 Å². The van der Waals surface area contributed by atoms with Gasteiger partial charge in [0.1, 0.15) is 5.75 Å². The number of nitrogens with one attached hydrogen (secondary N) is 1. The fourth-order valence-corrected chi connectivity index (χ4v) is 3.38. The van der Waals surface area contributed by atoms with Crippen LogP contribution in [0.1, 0.15) is 0 Å². The van der Waals surface area contributed by atoms with E-state index in [1.54, 1.807) is 12.1 Å². The van der Waals surface area contributed by atoms with E-state index in [-0.39, 0.29) is 12.3 Å². The number of nitro groups is 1. The molecule has 0 unspecified atom stereocenters. The van der Waals surface area contributed by atoms with Crippen molar-refractivity contribution in [1.29, 1.82) is 0 Å². The number of halogens is 2. The lowest BCUT2D eigenvalue weighted by Gasteiger charge is -2.11. The van der Waals surface area contributed by atoms with Crippen molar-refractivity contribution < 1.29 is 14.5 Å². The molecule has 3 aromatic carbocycles. The van der Waals surface area contributed by atoms with Crippen molar-refractivity contribution in [1.82, 2.24) is 0 Å². The van der Waals surface area contributed by atoms with E-state index in [2.05, 4.69) is 37.2 Å². The third-order valence-electron chi connectivity index (χ3n) is 3.58. The van der Waals surface area contributed by atoms with Gasteiger partial charge in [-0.25, -0.2) is 0 Å². The number of nitrogens with zero attached hydrogens (tertiary/aromatic N) is 1. The number of benzene rings is 3. The molecule has 0 saturated heterocycles. The van der Waals surface area contributed by atoms with Gasteiger partial charge < -0.3 is 10.1 Å². The molecule has 0 bridgehead atoms. The number of carbonyl (C=O) groups is 1. The summed E-state index contributed by atoms with van der Waals surface area (Å²) in [5.74, 6) is 0.127. The van der Waals surface area contributed by atoms with Crippen molar-refractivity contribution in [2.24, 2.45) is 0 Å². The Morgan fingerprint density at radius 1 is 1.12 bits per heavy atom. The first-order chi connectivity index (χ1) is 12.4. The lowest BCUT2D eigenvalue weighted by atomic mass is 10.1. The molecule has 1 amide bonds. The fraction of sp³-hybridized carbons (Fsp3) is 0.0556. The maximum atomic E-state index is 12.1. The topological polar surface area (TPSA) is 81.5 Å². The smallest absolute Gasteiger partial charge is 0.271 e.